The number of aryl methyl sites for hydroxylation is 1. The van der Waals surface area contributed by atoms with E-state index in [1.54, 1.807) is 0 Å². The first kappa shape index (κ1) is 9.41. The van der Waals surface area contributed by atoms with Crippen molar-refractivity contribution in [3.05, 3.63) is 35.4 Å². The van der Waals surface area contributed by atoms with Crippen LogP contribution in [0.1, 0.15) is 30.0 Å². The first-order valence-electron chi connectivity index (χ1n) is 5.07. The summed E-state index contributed by atoms with van der Waals surface area (Å²) in [6, 6.07) is 8.93. The number of nitrogens with one attached hydrogen (secondary N) is 1. The van der Waals surface area contributed by atoms with Crippen LogP contribution in [0.15, 0.2) is 24.3 Å². The third-order valence-electron chi connectivity index (χ3n) is 2.83. The summed E-state index contributed by atoms with van der Waals surface area (Å²) in [5.41, 5.74) is 2.57. The second kappa shape index (κ2) is 3.93. The molecule has 0 aromatic heterocycles. The van der Waals surface area contributed by atoms with Gasteiger partial charge in [0.25, 0.3) is 0 Å². The minimum atomic E-state index is 0.0568. The lowest BCUT2D eigenvalue weighted by molar-refractivity contribution is -0.109. The summed E-state index contributed by atoms with van der Waals surface area (Å²) in [4.78, 5) is 10.6. The van der Waals surface area contributed by atoms with E-state index in [1.165, 1.54) is 11.1 Å². The molecule has 2 heteroatoms. The van der Waals surface area contributed by atoms with Gasteiger partial charge in [-0.3, -0.25) is 0 Å². The third kappa shape index (κ3) is 1.85. The first-order chi connectivity index (χ1) is 6.79. The monoisotopic (exact) mass is 189 g/mol. The van der Waals surface area contributed by atoms with Gasteiger partial charge in [0, 0.05) is 6.04 Å². The topological polar surface area (TPSA) is 29.1 Å². The molecule has 1 aliphatic heterocycles. The normalized spacial score (nSPS) is 26.4. The highest BCUT2D eigenvalue weighted by atomic mass is 16.1. The largest absolute Gasteiger partial charge is 0.302 e. The molecule has 1 aliphatic rings. The van der Waals surface area contributed by atoms with Crippen LogP contribution < -0.4 is 5.32 Å². The predicted molar refractivity (Wildman–Crippen MR) is 56.1 cm³/mol. The van der Waals surface area contributed by atoms with Crippen molar-refractivity contribution in [3.8, 4) is 0 Å². The number of hydrogen-bond acceptors (Lipinski definition) is 2. The Morgan fingerprint density at radius 2 is 2.00 bits per heavy atom. The van der Waals surface area contributed by atoms with Crippen LogP contribution in [0.25, 0.3) is 0 Å². The van der Waals surface area contributed by atoms with Crippen LogP contribution in [-0.2, 0) is 4.79 Å². The molecule has 0 bridgehead atoms. The summed E-state index contributed by atoms with van der Waals surface area (Å²) in [5, 5.41) is 3.31. The van der Waals surface area contributed by atoms with Crippen molar-refractivity contribution in [1.29, 1.82) is 0 Å². The van der Waals surface area contributed by atoms with E-state index in [0.29, 0.717) is 6.04 Å². The van der Waals surface area contributed by atoms with Crippen molar-refractivity contribution >= 4 is 6.29 Å². The zero-order valence-electron chi connectivity index (χ0n) is 8.36. The standard InChI is InChI=1S/C12H15NO/c1-9-2-4-10(5-3-9)12-7-6-11(8-14)13-12/h2-5,8,11-13H,6-7H2,1H3. The highest BCUT2D eigenvalue weighted by Crippen LogP contribution is 2.25. The van der Waals surface area contributed by atoms with Crippen molar-refractivity contribution in [3.63, 3.8) is 0 Å². The molecule has 2 atom stereocenters. The highest BCUT2D eigenvalue weighted by Gasteiger charge is 2.23. The molecule has 0 aliphatic carbocycles. The molecule has 2 unspecified atom stereocenters. The van der Waals surface area contributed by atoms with Crippen molar-refractivity contribution < 1.29 is 4.79 Å². The van der Waals surface area contributed by atoms with Crippen LogP contribution >= 0.6 is 0 Å². The average Bonchev–Trinajstić information content (AvgIpc) is 2.67. The maximum Gasteiger partial charge on any atom is 0.136 e. The van der Waals surface area contributed by atoms with E-state index in [0.717, 1.165) is 19.1 Å². The van der Waals surface area contributed by atoms with Gasteiger partial charge in [-0.15, -0.1) is 0 Å². The molecular formula is C12H15NO. The molecule has 1 N–H and O–H groups in total. The van der Waals surface area contributed by atoms with Crippen LogP contribution in [-0.4, -0.2) is 12.3 Å². The molecule has 2 nitrogen and oxygen atoms in total. The van der Waals surface area contributed by atoms with Crippen LogP contribution in [0.2, 0.25) is 0 Å². The summed E-state index contributed by atoms with van der Waals surface area (Å²) >= 11 is 0. The SMILES string of the molecule is Cc1ccc(C2CCC(C=O)N2)cc1. The number of aldehydes is 1. The van der Waals surface area contributed by atoms with Gasteiger partial charge in [-0.05, 0) is 25.3 Å². The van der Waals surface area contributed by atoms with Gasteiger partial charge in [0.05, 0.1) is 6.04 Å². The van der Waals surface area contributed by atoms with Crippen LogP contribution in [0.5, 0.6) is 0 Å². The molecule has 0 radical (unpaired) electrons. The van der Waals surface area contributed by atoms with E-state index < -0.39 is 0 Å². The molecule has 0 spiro atoms. The molecule has 74 valence electrons. The van der Waals surface area contributed by atoms with E-state index in [-0.39, 0.29) is 6.04 Å². The van der Waals surface area contributed by atoms with E-state index in [2.05, 4.69) is 36.5 Å². The zero-order valence-corrected chi connectivity index (χ0v) is 8.36. The summed E-state index contributed by atoms with van der Waals surface area (Å²) in [5.74, 6) is 0. The van der Waals surface area contributed by atoms with Gasteiger partial charge in [0.1, 0.15) is 6.29 Å². The molecule has 1 fully saturated rings. The Morgan fingerprint density at radius 3 is 2.57 bits per heavy atom. The van der Waals surface area contributed by atoms with Crippen LogP contribution in [0.4, 0.5) is 0 Å². The van der Waals surface area contributed by atoms with Gasteiger partial charge in [0.2, 0.25) is 0 Å². The van der Waals surface area contributed by atoms with Crippen LogP contribution in [0, 0.1) is 6.92 Å². The number of hydrogen-bond donors (Lipinski definition) is 1. The van der Waals surface area contributed by atoms with E-state index in [4.69, 9.17) is 0 Å². The van der Waals surface area contributed by atoms with Crippen molar-refractivity contribution in [2.75, 3.05) is 0 Å². The Morgan fingerprint density at radius 1 is 1.29 bits per heavy atom. The second-order valence-electron chi connectivity index (χ2n) is 3.95. The number of rotatable bonds is 2. The predicted octanol–water partition coefficient (Wildman–Crippen LogP) is 1.99. The van der Waals surface area contributed by atoms with Crippen molar-refractivity contribution in [2.45, 2.75) is 31.8 Å². The third-order valence-corrected chi connectivity index (χ3v) is 2.83. The number of carbonyl (C=O) groups excluding carboxylic acids is 1. The molecule has 1 aromatic rings. The maximum absolute atomic E-state index is 10.6. The van der Waals surface area contributed by atoms with Gasteiger partial charge in [0.15, 0.2) is 0 Å². The Balaban J connectivity index is 2.09. The smallest absolute Gasteiger partial charge is 0.136 e. The lowest BCUT2D eigenvalue weighted by Gasteiger charge is -2.11. The fourth-order valence-corrected chi connectivity index (χ4v) is 1.94. The Kier molecular flexibility index (Phi) is 2.64. The van der Waals surface area contributed by atoms with Crippen molar-refractivity contribution in [1.82, 2.24) is 5.32 Å². The molecular weight excluding hydrogens is 174 g/mol. The quantitative estimate of drug-likeness (QED) is 0.721. The summed E-state index contributed by atoms with van der Waals surface area (Å²) in [6.07, 6.45) is 3.03. The van der Waals surface area contributed by atoms with E-state index in [1.807, 2.05) is 0 Å². The van der Waals surface area contributed by atoms with Gasteiger partial charge >= 0.3 is 0 Å². The molecule has 1 saturated heterocycles. The Bertz CT molecular complexity index is 318. The van der Waals surface area contributed by atoms with E-state index >= 15 is 0 Å². The van der Waals surface area contributed by atoms with E-state index in [9.17, 15) is 4.79 Å². The minimum absolute atomic E-state index is 0.0568. The number of carbonyl (C=O) groups is 1. The molecule has 0 amide bonds. The lowest BCUT2D eigenvalue weighted by atomic mass is 10.0. The lowest BCUT2D eigenvalue weighted by Crippen LogP contribution is -2.25. The summed E-state index contributed by atoms with van der Waals surface area (Å²) in [7, 11) is 0. The van der Waals surface area contributed by atoms with Crippen molar-refractivity contribution in [2.24, 2.45) is 0 Å². The summed E-state index contributed by atoms with van der Waals surface area (Å²) in [6.45, 7) is 2.08. The molecule has 0 saturated carbocycles. The Hall–Kier alpha value is -1.15. The first-order valence-corrected chi connectivity index (χ1v) is 5.07. The fraction of sp³-hybridized carbons (Fsp3) is 0.417. The van der Waals surface area contributed by atoms with Gasteiger partial charge in [-0.25, -0.2) is 0 Å². The average molecular weight is 189 g/mol. The van der Waals surface area contributed by atoms with Crippen LogP contribution in [0.3, 0.4) is 0 Å². The van der Waals surface area contributed by atoms with Gasteiger partial charge in [-0.1, -0.05) is 29.8 Å². The zero-order chi connectivity index (χ0) is 9.97. The van der Waals surface area contributed by atoms with Gasteiger partial charge in [-0.2, -0.15) is 0 Å². The molecule has 1 aromatic carbocycles. The molecule has 14 heavy (non-hydrogen) atoms. The second-order valence-corrected chi connectivity index (χ2v) is 3.95. The fourth-order valence-electron chi connectivity index (χ4n) is 1.94. The maximum atomic E-state index is 10.6. The van der Waals surface area contributed by atoms with Gasteiger partial charge < -0.3 is 10.1 Å². The highest BCUT2D eigenvalue weighted by molar-refractivity contribution is 5.58. The molecule has 1 heterocycles. The Labute approximate surface area is 84.3 Å². The summed E-state index contributed by atoms with van der Waals surface area (Å²) < 4.78 is 0. The molecule has 2 rings (SSSR count). The number of benzene rings is 1. The minimum Gasteiger partial charge on any atom is -0.302 e.